The van der Waals surface area contributed by atoms with Crippen LogP contribution in [0.3, 0.4) is 0 Å². The van der Waals surface area contributed by atoms with E-state index < -0.39 is 53.3 Å². The summed E-state index contributed by atoms with van der Waals surface area (Å²) in [6, 6.07) is 0.565. The first-order valence-electron chi connectivity index (χ1n) is 13.6. The van der Waals surface area contributed by atoms with Gasteiger partial charge in [0.2, 0.25) is 12.4 Å². The summed E-state index contributed by atoms with van der Waals surface area (Å²) in [7, 11) is 0. The number of aromatic nitrogens is 5. The summed E-state index contributed by atoms with van der Waals surface area (Å²) < 4.78 is 6.48. The predicted molar refractivity (Wildman–Crippen MR) is 167 cm³/mol. The van der Waals surface area contributed by atoms with Gasteiger partial charge in [0.1, 0.15) is 27.7 Å². The zero-order valence-corrected chi connectivity index (χ0v) is 30.7. The van der Waals surface area contributed by atoms with Gasteiger partial charge in [-0.05, 0) is 39.3 Å². The van der Waals surface area contributed by atoms with Crippen LogP contribution in [-0.2, 0) is 28.8 Å². The second-order valence-electron chi connectivity index (χ2n) is 11.0. The number of oxime groups is 1. The standard InChI is InChI=1S/C26H28N10O8S3.Na/c1-10-5-13(36-25(29-10)32-19(33-36)18(27)38)45-7-11-8-46-22-16(21(40)35(22)17(11)23(41)42)31-20(39)15(12-9-47-24(28)30-12)34-43-6-14(37)44-26(2,3)4;/h5,9,16,22H,6-8H2,1-4H3,(H2,27,38)(H2,28,30)(H,31,39)(H,41,42);/q;+1/p-1/b34-15-;/t16-,22-;/m1./s1. The van der Waals surface area contributed by atoms with Crippen LogP contribution in [0.25, 0.3) is 5.78 Å². The van der Waals surface area contributed by atoms with Crippen LogP contribution in [0.1, 0.15) is 42.8 Å². The number of carbonyl (C=O) groups is 5. The van der Waals surface area contributed by atoms with Crippen molar-refractivity contribution in [2.45, 2.75) is 49.7 Å². The van der Waals surface area contributed by atoms with Gasteiger partial charge < -0.3 is 36.3 Å². The Morgan fingerprint density at radius 3 is 2.58 bits per heavy atom. The number of carbonyl (C=O) groups excluding carboxylic acids is 5. The second kappa shape index (κ2) is 14.8. The number of amides is 3. The largest absolute Gasteiger partial charge is 1.00 e. The molecular formula is C26H27N10NaO8S3. The van der Waals surface area contributed by atoms with E-state index in [2.05, 4.69) is 30.5 Å². The Labute approximate surface area is 306 Å². The van der Waals surface area contributed by atoms with Crippen molar-refractivity contribution in [1.82, 2.24) is 34.8 Å². The maximum absolute atomic E-state index is 13.3. The number of ether oxygens (including phenoxy) is 1. The van der Waals surface area contributed by atoms with Gasteiger partial charge in [0.05, 0.1) is 11.7 Å². The maximum atomic E-state index is 13.3. The average Bonchev–Trinajstić information content (AvgIpc) is 3.61. The van der Waals surface area contributed by atoms with Gasteiger partial charge in [0.15, 0.2) is 10.8 Å². The molecule has 22 heteroatoms. The van der Waals surface area contributed by atoms with E-state index >= 15 is 0 Å². The smallest absolute Gasteiger partial charge is 0.543 e. The number of primary amides is 1. The number of fused-ring (bicyclic) bond motifs is 2. The number of nitrogens with one attached hydrogen (secondary N) is 1. The summed E-state index contributed by atoms with van der Waals surface area (Å²) in [5.41, 5.74) is 10.6. The number of nitrogens with two attached hydrogens (primary N) is 2. The molecule has 2 aliphatic rings. The molecule has 0 spiro atoms. The summed E-state index contributed by atoms with van der Waals surface area (Å²) in [6.07, 6.45) is 0. The number of hydrogen-bond donors (Lipinski definition) is 3. The van der Waals surface area contributed by atoms with Gasteiger partial charge in [0, 0.05) is 22.6 Å². The Morgan fingerprint density at radius 1 is 1.23 bits per heavy atom. The van der Waals surface area contributed by atoms with Crippen LogP contribution in [0.2, 0.25) is 0 Å². The molecule has 0 bridgehead atoms. The van der Waals surface area contributed by atoms with Crippen LogP contribution in [0.15, 0.2) is 32.9 Å². The molecule has 2 atom stereocenters. The Balaban J connectivity index is 0.00000520. The van der Waals surface area contributed by atoms with E-state index in [9.17, 15) is 29.1 Å². The third-order valence-corrected chi connectivity index (χ3v) is 9.38. The van der Waals surface area contributed by atoms with Crippen molar-refractivity contribution in [2.75, 3.05) is 23.8 Å². The number of β-lactam (4-membered cyclic amide) rings is 1. The summed E-state index contributed by atoms with van der Waals surface area (Å²) >= 11 is 3.46. The number of nitrogens with zero attached hydrogens (tertiary/aromatic N) is 7. The van der Waals surface area contributed by atoms with E-state index in [1.807, 2.05) is 0 Å². The molecule has 248 valence electrons. The molecule has 48 heavy (non-hydrogen) atoms. The van der Waals surface area contributed by atoms with Gasteiger partial charge in [-0.2, -0.15) is 9.50 Å². The van der Waals surface area contributed by atoms with Crippen molar-refractivity contribution in [1.29, 1.82) is 0 Å². The molecule has 1 fully saturated rings. The maximum Gasteiger partial charge on any atom is 1.00 e. The first-order valence-corrected chi connectivity index (χ1v) is 16.5. The summed E-state index contributed by atoms with van der Waals surface area (Å²) in [6.45, 7) is 6.15. The zero-order valence-electron chi connectivity index (χ0n) is 26.2. The average molecular weight is 727 g/mol. The number of esters is 1. The quantitative estimate of drug-likeness (QED) is 0.0322. The summed E-state index contributed by atoms with van der Waals surface area (Å²) in [4.78, 5) is 80.9. The fraction of sp³-hybridized carbons (Fsp3) is 0.385. The predicted octanol–water partition coefficient (Wildman–Crippen LogP) is -4.17. The van der Waals surface area contributed by atoms with Gasteiger partial charge in [-0.15, -0.1) is 40.0 Å². The van der Waals surface area contributed by atoms with Crippen molar-refractivity contribution in [3.05, 3.63) is 39.9 Å². The number of carboxylic acid groups (broad SMARTS) is 1. The van der Waals surface area contributed by atoms with Crippen molar-refractivity contribution in [3.63, 3.8) is 0 Å². The molecule has 0 unspecified atom stereocenters. The van der Waals surface area contributed by atoms with Gasteiger partial charge in [-0.25, -0.2) is 14.8 Å². The van der Waals surface area contributed by atoms with Crippen LogP contribution in [0.4, 0.5) is 5.13 Å². The number of aliphatic carboxylic acids is 1. The Bertz CT molecular complexity index is 1870. The van der Waals surface area contributed by atoms with Crippen LogP contribution < -0.4 is 51.4 Å². The number of carboxylic acids is 1. The number of anilines is 1. The number of thioether (sulfide) groups is 2. The van der Waals surface area contributed by atoms with Crippen LogP contribution in [0.5, 0.6) is 0 Å². The Morgan fingerprint density at radius 2 is 1.96 bits per heavy atom. The van der Waals surface area contributed by atoms with E-state index in [1.54, 1.807) is 33.8 Å². The second-order valence-corrected chi connectivity index (χ2v) is 14.0. The topological polar surface area (TPSA) is 263 Å². The van der Waals surface area contributed by atoms with Crippen LogP contribution >= 0.6 is 34.9 Å². The first kappa shape index (κ1) is 37.1. The number of rotatable bonds is 11. The molecular weight excluding hydrogens is 700 g/mol. The zero-order chi connectivity index (χ0) is 34.2. The summed E-state index contributed by atoms with van der Waals surface area (Å²) in [5, 5.41) is 24.0. The molecule has 0 aliphatic carbocycles. The van der Waals surface area contributed by atoms with Gasteiger partial charge in [0.25, 0.3) is 23.5 Å². The van der Waals surface area contributed by atoms with Crippen molar-refractivity contribution in [2.24, 2.45) is 10.9 Å². The minimum absolute atomic E-state index is 0. The molecule has 3 amide bonds. The number of aryl methyl sites for hydroxylation is 1. The molecule has 5 heterocycles. The van der Waals surface area contributed by atoms with Gasteiger partial charge >= 0.3 is 35.5 Å². The van der Waals surface area contributed by atoms with Crippen LogP contribution in [-0.4, -0.2) is 100.0 Å². The number of nitrogen functional groups attached to an aromatic ring is 1. The SMILES string of the molecule is Cc1cc(SCC2=C(C(=O)[O-])N3C(=O)[C@@H](NC(=O)/C(=N\OCC(=O)OC(C)(C)C)c4csc(N)n4)[C@H]3SC2)n2nc(C(N)=O)nc2n1.[Na+]. The number of hydrogen-bond acceptors (Lipinski definition) is 17. The molecule has 0 aromatic carbocycles. The minimum atomic E-state index is -1.56. The molecule has 3 aromatic heterocycles. The van der Waals surface area contributed by atoms with E-state index in [-0.39, 0.29) is 74.9 Å². The summed E-state index contributed by atoms with van der Waals surface area (Å²) in [5.74, 6) is -4.44. The molecule has 1 saturated heterocycles. The molecule has 5 rings (SSSR count). The third kappa shape index (κ3) is 8.09. The minimum Gasteiger partial charge on any atom is -0.543 e. The van der Waals surface area contributed by atoms with Gasteiger partial charge in [-0.1, -0.05) is 5.16 Å². The van der Waals surface area contributed by atoms with E-state index in [1.165, 1.54) is 33.4 Å². The fourth-order valence-electron chi connectivity index (χ4n) is 4.44. The number of thiazole rings is 1. The van der Waals surface area contributed by atoms with E-state index in [0.717, 1.165) is 16.2 Å². The van der Waals surface area contributed by atoms with Crippen LogP contribution in [0, 0.1) is 6.92 Å². The molecule has 2 aliphatic heterocycles. The Hall–Kier alpha value is -3.76. The third-order valence-electron chi connectivity index (χ3n) is 6.29. The first-order chi connectivity index (χ1) is 22.1. The van der Waals surface area contributed by atoms with E-state index in [0.29, 0.717) is 16.3 Å². The van der Waals surface area contributed by atoms with Crippen molar-refractivity contribution >= 4 is 81.1 Å². The molecule has 5 N–H and O–H groups in total. The molecule has 18 nitrogen and oxygen atoms in total. The van der Waals surface area contributed by atoms with Crippen molar-refractivity contribution in [3.8, 4) is 0 Å². The molecule has 0 saturated carbocycles. The Kier molecular flexibility index (Phi) is 11.4. The fourth-order valence-corrected chi connectivity index (χ4v) is 7.52. The van der Waals surface area contributed by atoms with E-state index in [4.69, 9.17) is 21.0 Å². The molecule has 3 aromatic rings. The monoisotopic (exact) mass is 726 g/mol. The van der Waals surface area contributed by atoms with Gasteiger partial charge in [-0.3, -0.25) is 19.3 Å². The normalized spacial score (nSPS) is 17.7. The molecule has 0 radical (unpaired) electrons. The van der Waals surface area contributed by atoms with Crippen molar-refractivity contribution < 1.29 is 68.2 Å².